The summed E-state index contributed by atoms with van der Waals surface area (Å²) in [7, 11) is 0. The van der Waals surface area contributed by atoms with Crippen molar-refractivity contribution in [3.8, 4) is 90.6 Å². The van der Waals surface area contributed by atoms with Crippen LogP contribution in [0.15, 0.2) is 229 Å². The molecule has 0 saturated heterocycles. The minimum absolute atomic E-state index is 0.592. The summed E-state index contributed by atoms with van der Waals surface area (Å²) in [6.07, 6.45) is 0. The molecule has 1 spiro atoms. The van der Waals surface area contributed by atoms with Gasteiger partial charge in [0.15, 0.2) is 28.9 Å². The van der Waals surface area contributed by atoms with Crippen LogP contribution in [-0.2, 0) is 5.41 Å². The Bertz CT molecular complexity index is 3880. The highest BCUT2D eigenvalue weighted by Crippen LogP contribution is 2.64. The zero-order valence-corrected chi connectivity index (χ0v) is 36.9. The average Bonchev–Trinajstić information content (AvgIpc) is 3.95. The Morgan fingerprint density at radius 1 is 0.319 bits per heavy atom. The number of furan rings is 1. The van der Waals surface area contributed by atoms with Gasteiger partial charge in [-0.05, 0) is 57.6 Å². The minimum Gasteiger partial charge on any atom is -0.457 e. The standard InChI is InChI=1S/C62H37N5O2/c1-4-18-39(19-5-1)55-57-56(44-24-10-13-31-50(44)69-57)64-58(63-55)42-36-34-38(35-37-42)43-25-16-29-48-53(43)54-45(61-66-59(40-20-6-2-7-21-40)65-60(67-61)41-22-8-3-9-23-41)26-17-30-49(54)62(48)46-27-11-14-32-51(46)68-52-33-15-12-28-47(52)62/h1-37H. The van der Waals surface area contributed by atoms with Crippen molar-refractivity contribution in [3.05, 3.63) is 247 Å². The van der Waals surface area contributed by atoms with Crippen LogP contribution in [0.25, 0.3) is 101 Å². The van der Waals surface area contributed by atoms with E-state index in [1.165, 1.54) is 0 Å². The number of hydrogen-bond acceptors (Lipinski definition) is 7. The highest BCUT2D eigenvalue weighted by atomic mass is 16.5. The van der Waals surface area contributed by atoms with Gasteiger partial charge in [0.05, 0.1) is 5.41 Å². The van der Waals surface area contributed by atoms with Gasteiger partial charge in [0.25, 0.3) is 0 Å². The number of rotatable bonds is 6. The molecular weight excluding hydrogens is 847 g/mol. The second-order valence-corrected chi connectivity index (χ2v) is 17.5. The van der Waals surface area contributed by atoms with Gasteiger partial charge in [-0.3, -0.25) is 0 Å². The van der Waals surface area contributed by atoms with Crippen LogP contribution in [-0.4, -0.2) is 24.9 Å². The van der Waals surface area contributed by atoms with E-state index in [0.717, 1.165) is 106 Å². The second kappa shape index (κ2) is 15.4. The highest BCUT2D eigenvalue weighted by molar-refractivity contribution is 6.07. The molecule has 1 aliphatic heterocycles. The van der Waals surface area contributed by atoms with Crippen molar-refractivity contribution in [3.63, 3.8) is 0 Å². The maximum atomic E-state index is 6.74. The molecule has 1 aliphatic carbocycles. The quantitative estimate of drug-likeness (QED) is 0.164. The lowest BCUT2D eigenvalue weighted by molar-refractivity contribution is 0.436. The van der Waals surface area contributed by atoms with E-state index in [1.807, 2.05) is 109 Å². The fraction of sp³-hybridized carbons (Fsp3) is 0.0161. The molecule has 0 atom stereocenters. The first-order valence-corrected chi connectivity index (χ1v) is 23.1. The Morgan fingerprint density at radius 3 is 1.42 bits per heavy atom. The molecule has 3 aromatic heterocycles. The molecule has 0 fully saturated rings. The normalized spacial score (nSPS) is 12.9. The number of hydrogen-bond donors (Lipinski definition) is 0. The summed E-state index contributed by atoms with van der Waals surface area (Å²) in [5, 5.41) is 0.953. The van der Waals surface area contributed by atoms with E-state index in [2.05, 4.69) is 115 Å². The Labute approximate surface area is 397 Å². The second-order valence-electron chi connectivity index (χ2n) is 17.5. The molecule has 9 aromatic carbocycles. The number of aromatic nitrogens is 5. The first-order chi connectivity index (χ1) is 34.2. The summed E-state index contributed by atoms with van der Waals surface area (Å²) in [4.78, 5) is 26.1. The third-order valence-corrected chi connectivity index (χ3v) is 13.7. The van der Waals surface area contributed by atoms with Crippen molar-refractivity contribution < 1.29 is 9.15 Å². The van der Waals surface area contributed by atoms with E-state index in [-0.39, 0.29) is 0 Å². The molecule has 322 valence electrons. The molecule has 0 bridgehead atoms. The first kappa shape index (κ1) is 38.9. The first-order valence-electron chi connectivity index (χ1n) is 23.1. The van der Waals surface area contributed by atoms with Gasteiger partial charge in [-0.15, -0.1) is 0 Å². The van der Waals surface area contributed by atoms with Gasteiger partial charge in [0.1, 0.15) is 28.3 Å². The molecule has 0 amide bonds. The zero-order valence-electron chi connectivity index (χ0n) is 36.9. The number of benzene rings is 9. The smallest absolute Gasteiger partial charge is 0.180 e. The van der Waals surface area contributed by atoms with E-state index in [4.69, 9.17) is 34.1 Å². The number of nitrogens with zero attached hydrogens (tertiary/aromatic N) is 5. The monoisotopic (exact) mass is 883 g/mol. The van der Waals surface area contributed by atoms with Gasteiger partial charge < -0.3 is 9.15 Å². The van der Waals surface area contributed by atoms with Crippen LogP contribution in [0.1, 0.15) is 22.3 Å². The Morgan fingerprint density at radius 2 is 0.783 bits per heavy atom. The summed E-state index contributed by atoms with van der Waals surface area (Å²) < 4.78 is 13.2. The predicted molar refractivity (Wildman–Crippen MR) is 273 cm³/mol. The maximum absolute atomic E-state index is 6.74. The van der Waals surface area contributed by atoms with Crippen molar-refractivity contribution >= 4 is 22.1 Å². The third kappa shape index (κ3) is 5.97. The fourth-order valence-electron chi connectivity index (χ4n) is 10.7. The van der Waals surface area contributed by atoms with Crippen molar-refractivity contribution in [2.75, 3.05) is 0 Å². The summed E-state index contributed by atoms with van der Waals surface area (Å²) in [6, 6.07) is 77.4. The van der Waals surface area contributed by atoms with Crippen LogP contribution < -0.4 is 4.74 Å². The molecule has 7 heteroatoms. The zero-order chi connectivity index (χ0) is 45.5. The molecule has 0 radical (unpaired) electrons. The lowest BCUT2D eigenvalue weighted by atomic mass is 9.66. The van der Waals surface area contributed by atoms with E-state index in [9.17, 15) is 0 Å². The molecule has 69 heavy (non-hydrogen) atoms. The highest BCUT2D eigenvalue weighted by Gasteiger charge is 2.52. The van der Waals surface area contributed by atoms with E-state index >= 15 is 0 Å². The maximum Gasteiger partial charge on any atom is 0.180 e. The van der Waals surface area contributed by atoms with Crippen LogP contribution in [0.2, 0.25) is 0 Å². The van der Waals surface area contributed by atoms with Crippen molar-refractivity contribution in [1.82, 2.24) is 24.9 Å². The third-order valence-electron chi connectivity index (χ3n) is 13.7. The van der Waals surface area contributed by atoms with E-state index < -0.39 is 5.41 Å². The molecule has 12 aromatic rings. The van der Waals surface area contributed by atoms with E-state index in [0.29, 0.717) is 28.9 Å². The Hall–Kier alpha value is -9.33. The minimum atomic E-state index is -0.732. The van der Waals surface area contributed by atoms with Gasteiger partial charge in [-0.2, -0.15) is 0 Å². The lowest BCUT2D eigenvalue weighted by Gasteiger charge is -2.39. The van der Waals surface area contributed by atoms with Crippen molar-refractivity contribution in [1.29, 1.82) is 0 Å². The molecule has 0 saturated carbocycles. The molecule has 7 nitrogen and oxygen atoms in total. The topological polar surface area (TPSA) is 86.8 Å². The predicted octanol–water partition coefficient (Wildman–Crippen LogP) is 15.0. The average molecular weight is 884 g/mol. The molecule has 14 rings (SSSR count). The van der Waals surface area contributed by atoms with E-state index in [1.54, 1.807) is 0 Å². The van der Waals surface area contributed by atoms with Gasteiger partial charge in [-0.25, -0.2) is 24.9 Å². The molecule has 4 heterocycles. The largest absolute Gasteiger partial charge is 0.457 e. The summed E-state index contributed by atoms with van der Waals surface area (Å²) in [5.74, 6) is 4.08. The molecule has 2 aliphatic rings. The molecule has 0 N–H and O–H groups in total. The summed E-state index contributed by atoms with van der Waals surface area (Å²) in [5.41, 5.74) is 15.6. The summed E-state index contributed by atoms with van der Waals surface area (Å²) in [6.45, 7) is 0. The number of ether oxygens (including phenoxy) is 1. The number of fused-ring (bicyclic) bond motifs is 12. The Balaban J connectivity index is 1.01. The van der Waals surface area contributed by atoms with Gasteiger partial charge >= 0.3 is 0 Å². The van der Waals surface area contributed by atoms with Crippen molar-refractivity contribution in [2.24, 2.45) is 0 Å². The Kier molecular flexibility index (Phi) is 8.66. The van der Waals surface area contributed by atoms with Crippen LogP contribution in [0.4, 0.5) is 0 Å². The van der Waals surface area contributed by atoms with Gasteiger partial charge in [0.2, 0.25) is 0 Å². The van der Waals surface area contributed by atoms with Crippen LogP contribution >= 0.6 is 0 Å². The molecule has 0 unspecified atom stereocenters. The van der Waals surface area contributed by atoms with Crippen LogP contribution in [0.3, 0.4) is 0 Å². The van der Waals surface area contributed by atoms with Crippen molar-refractivity contribution in [2.45, 2.75) is 5.41 Å². The fourth-order valence-corrected chi connectivity index (χ4v) is 10.7. The molecular formula is C62H37N5O2. The van der Waals surface area contributed by atoms with Gasteiger partial charge in [-0.1, -0.05) is 200 Å². The SMILES string of the molecule is c1ccc(-c2nc(-c3ccccc3)nc(-c3cccc4c3-c3c(-c5ccc(-c6nc(-c7ccccc7)c7oc8ccccc8c7n6)cc5)cccc3C43c4ccccc4Oc4ccccc43)n2)cc1. The van der Waals surface area contributed by atoms with Gasteiger partial charge in [0, 0.05) is 44.3 Å². The van der Waals surface area contributed by atoms with Crippen LogP contribution in [0, 0.1) is 0 Å². The number of para-hydroxylation sites is 3. The summed E-state index contributed by atoms with van der Waals surface area (Å²) >= 11 is 0. The van der Waals surface area contributed by atoms with Crippen LogP contribution in [0.5, 0.6) is 11.5 Å². The lowest BCUT2D eigenvalue weighted by Crippen LogP contribution is -2.32.